The normalized spacial score (nSPS) is 27.2. The maximum atomic E-state index is 13.8. The largest absolute Gasteiger partial charge is 0.508 e. The number of phenolic OH excluding ortho intramolecular Hbond substituents is 1. The third-order valence-corrected chi connectivity index (χ3v) is 7.34. The number of aromatic hydroxyl groups is 1. The lowest BCUT2D eigenvalue weighted by molar-refractivity contribution is -0.153. The van der Waals surface area contributed by atoms with Crippen molar-refractivity contribution < 1.29 is 44.4 Å². The Bertz CT molecular complexity index is 1280. The van der Waals surface area contributed by atoms with Crippen LogP contribution in [0.3, 0.4) is 0 Å². The summed E-state index contributed by atoms with van der Waals surface area (Å²) in [7, 11) is 3.08. The number of nitrogens with zero attached hydrogens (tertiary/aromatic N) is 1. The molecule has 198 valence electrons. The first-order valence-electron chi connectivity index (χ1n) is 11.6. The molecule has 12 heteroatoms. The second-order valence-electron chi connectivity index (χ2n) is 9.87. The van der Waals surface area contributed by atoms with Crippen LogP contribution in [0.5, 0.6) is 5.75 Å². The molecule has 1 aromatic carbocycles. The summed E-state index contributed by atoms with van der Waals surface area (Å²) < 4.78 is 0. The number of rotatable bonds is 7. The number of aliphatic hydroxyl groups excluding tert-OH is 2. The van der Waals surface area contributed by atoms with E-state index in [9.17, 15) is 39.6 Å². The predicted octanol–water partition coefficient (Wildman–Crippen LogP) is -0.426. The monoisotopic (exact) mass is 515 g/mol. The molecule has 3 aliphatic carbocycles. The number of likely N-dealkylation sites (N-methyl/N-ethyl adjacent to an activating group) is 1. The summed E-state index contributed by atoms with van der Waals surface area (Å²) in [4.78, 5) is 56.6. The SMILES string of the molecule is CC(=O)CONCc1ccc(O)c2c1CC1CC3[C@H](N(C)C)C(=O)C(C(N)=O)=C(O)[C@@]3(O)C(=O)C1=C2O. The van der Waals surface area contributed by atoms with Crippen molar-refractivity contribution in [1.29, 1.82) is 0 Å². The molecule has 0 spiro atoms. The molecule has 0 heterocycles. The Hall–Kier alpha value is -3.58. The molecule has 1 aromatic rings. The summed E-state index contributed by atoms with van der Waals surface area (Å²) in [6.45, 7) is 1.33. The van der Waals surface area contributed by atoms with E-state index in [0.717, 1.165) is 0 Å². The number of amides is 1. The summed E-state index contributed by atoms with van der Waals surface area (Å²) in [5.74, 6) is -7.19. The van der Waals surface area contributed by atoms with Gasteiger partial charge in [-0.05, 0) is 57.0 Å². The molecule has 2 unspecified atom stereocenters. The number of Topliss-reactive ketones (excluding diaryl/α,β-unsaturated/α-hetero) is 3. The van der Waals surface area contributed by atoms with Crippen molar-refractivity contribution in [2.45, 2.75) is 38.0 Å². The number of nitrogens with two attached hydrogens (primary N) is 1. The van der Waals surface area contributed by atoms with Gasteiger partial charge in [-0.25, -0.2) is 0 Å². The predicted molar refractivity (Wildman–Crippen MR) is 128 cm³/mol. The van der Waals surface area contributed by atoms with Gasteiger partial charge in [0, 0.05) is 18.0 Å². The standard InChI is InChI=1S/C25H29N3O9/c1-10(29)9-37-27-8-11-4-5-15(30)17-13(11)6-12-7-14-19(28(2)3)21(32)18(24(26)35)23(34)25(14,36)22(33)16(12)20(17)31/h4-5,12,14,19,27,30-31,34,36H,6-9H2,1-3H3,(H2,26,35)/t12?,14?,19-,25-/m0/s1. The Morgan fingerprint density at radius 1 is 1.22 bits per heavy atom. The molecule has 0 aliphatic heterocycles. The summed E-state index contributed by atoms with van der Waals surface area (Å²) in [5, 5.41) is 44.2. The second kappa shape index (κ2) is 9.38. The number of carbonyl (C=O) groups is 4. The smallest absolute Gasteiger partial charge is 0.255 e. The number of aliphatic hydroxyl groups is 3. The van der Waals surface area contributed by atoms with Gasteiger partial charge in [-0.1, -0.05) is 6.07 Å². The number of hydrogen-bond donors (Lipinski definition) is 6. The maximum Gasteiger partial charge on any atom is 0.255 e. The third-order valence-electron chi connectivity index (χ3n) is 7.34. The van der Waals surface area contributed by atoms with Crippen LogP contribution in [0.4, 0.5) is 0 Å². The van der Waals surface area contributed by atoms with Crippen LogP contribution in [-0.4, -0.2) is 80.9 Å². The Labute approximate surface area is 212 Å². The minimum atomic E-state index is -2.68. The van der Waals surface area contributed by atoms with Crippen molar-refractivity contribution in [1.82, 2.24) is 10.4 Å². The number of benzene rings is 1. The Balaban J connectivity index is 1.84. The third kappa shape index (κ3) is 4.02. The maximum absolute atomic E-state index is 13.8. The highest BCUT2D eigenvalue weighted by molar-refractivity contribution is 6.24. The molecule has 1 saturated carbocycles. The first kappa shape index (κ1) is 26.5. The molecular weight excluding hydrogens is 486 g/mol. The Morgan fingerprint density at radius 2 is 1.89 bits per heavy atom. The molecule has 1 fully saturated rings. The van der Waals surface area contributed by atoms with Crippen LogP contribution < -0.4 is 11.2 Å². The van der Waals surface area contributed by atoms with Gasteiger partial charge in [-0.2, -0.15) is 5.48 Å². The van der Waals surface area contributed by atoms with Crippen LogP contribution in [0.1, 0.15) is 30.0 Å². The molecule has 7 N–H and O–H groups in total. The van der Waals surface area contributed by atoms with E-state index < -0.39 is 58.0 Å². The zero-order valence-electron chi connectivity index (χ0n) is 20.6. The van der Waals surface area contributed by atoms with Gasteiger partial charge in [0.2, 0.25) is 5.78 Å². The van der Waals surface area contributed by atoms with Crippen molar-refractivity contribution in [2.24, 2.45) is 17.6 Å². The van der Waals surface area contributed by atoms with E-state index >= 15 is 0 Å². The molecule has 0 aromatic heterocycles. The molecule has 0 radical (unpaired) electrons. The van der Waals surface area contributed by atoms with Gasteiger partial charge >= 0.3 is 0 Å². The number of primary amides is 1. The zero-order valence-corrected chi connectivity index (χ0v) is 20.6. The van der Waals surface area contributed by atoms with Crippen molar-refractivity contribution in [3.8, 4) is 5.75 Å². The highest BCUT2D eigenvalue weighted by Crippen LogP contribution is 2.52. The van der Waals surface area contributed by atoms with Gasteiger partial charge in [-0.3, -0.25) is 28.9 Å². The molecular formula is C25H29N3O9. The molecule has 0 bridgehead atoms. The Kier molecular flexibility index (Phi) is 6.71. The quantitative estimate of drug-likeness (QED) is 0.156. The van der Waals surface area contributed by atoms with Crippen LogP contribution in [0.15, 0.2) is 29.0 Å². The van der Waals surface area contributed by atoms with E-state index in [0.29, 0.717) is 11.1 Å². The summed E-state index contributed by atoms with van der Waals surface area (Å²) in [6.07, 6.45) is 0.155. The van der Waals surface area contributed by atoms with Gasteiger partial charge in [0.1, 0.15) is 29.4 Å². The number of hydrogen-bond acceptors (Lipinski definition) is 11. The topological polar surface area (TPSA) is 200 Å². The van der Waals surface area contributed by atoms with E-state index in [1.165, 1.54) is 32.0 Å². The zero-order chi connectivity index (χ0) is 27.4. The fourth-order valence-electron chi connectivity index (χ4n) is 5.76. The van der Waals surface area contributed by atoms with Gasteiger partial charge in [0.05, 0.1) is 11.6 Å². The number of nitrogens with one attached hydrogen (secondary N) is 1. The number of ketones is 3. The van der Waals surface area contributed by atoms with Crippen molar-refractivity contribution in [2.75, 3.05) is 20.7 Å². The first-order chi connectivity index (χ1) is 17.3. The fourth-order valence-corrected chi connectivity index (χ4v) is 5.76. The van der Waals surface area contributed by atoms with E-state index in [-0.39, 0.29) is 48.7 Å². The van der Waals surface area contributed by atoms with Crippen LogP contribution >= 0.6 is 0 Å². The highest BCUT2D eigenvalue weighted by Gasteiger charge is 2.64. The van der Waals surface area contributed by atoms with Gasteiger partial charge in [-0.15, -0.1) is 0 Å². The summed E-state index contributed by atoms with van der Waals surface area (Å²) in [6, 6.07) is 1.78. The number of phenols is 1. The molecule has 1 amide bonds. The highest BCUT2D eigenvalue weighted by atomic mass is 16.6. The van der Waals surface area contributed by atoms with Crippen LogP contribution in [0.2, 0.25) is 0 Å². The molecule has 37 heavy (non-hydrogen) atoms. The number of carbonyl (C=O) groups excluding carboxylic acids is 4. The van der Waals surface area contributed by atoms with E-state index in [1.54, 1.807) is 6.07 Å². The average Bonchev–Trinajstić information content (AvgIpc) is 2.79. The number of fused-ring (bicyclic) bond motifs is 3. The summed E-state index contributed by atoms with van der Waals surface area (Å²) in [5.41, 5.74) is 5.34. The molecule has 3 aliphatic rings. The molecule has 4 rings (SSSR count). The van der Waals surface area contributed by atoms with Crippen molar-refractivity contribution in [3.63, 3.8) is 0 Å². The minimum absolute atomic E-state index is 0.00484. The van der Waals surface area contributed by atoms with Crippen molar-refractivity contribution >= 4 is 29.0 Å². The van der Waals surface area contributed by atoms with Crippen molar-refractivity contribution in [3.05, 3.63) is 45.7 Å². The van der Waals surface area contributed by atoms with Gasteiger partial charge in [0.25, 0.3) is 5.91 Å². The second-order valence-corrected chi connectivity index (χ2v) is 9.87. The lowest BCUT2D eigenvalue weighted by Crippen LogP contribution is -2.65. The first-order valence-corrected chi connectivity index (χ1v) is 11.6. The number of hydroxylamine groups is 1. The van der Waals surface area contributed by atoms with Gasteiger partial charge < -0.3 is 26.2 Å². The summed E-state index contributed by atoms with van der Waals surface area (Å²) >= 11 is 0. The average molecular weight is 516 g/mol. The van der Waals surface area contributed by atoms with Crippen LogP contribution in [0, 0.1) is 11.8 Å². The Morgan fingerprint density at radius 3 is 2.49 bits per heavy atom. The van der Waals surface area contributed by atoms with E-state index in [4.69, 9.17) is 10.6 Å². The lowest BCUT2D eigenvalue weighted by atomic mass is 9.57. The van der Waals surface area contributed by atoms with E-state index in [2.05, 4.69) is 5.48 Å². The van der Waals surface area contributed by atoms with Gasteiger partial charge in [0.15, 0.2) is 17.2 Å². The lowest BCUT2D eigenvalue weighted by Gasteiger charge is -2.50. The minimum Gasteiger partial charge on any atom is -0.508 e. The van der Waals surface area contributed by atoms with Crippen LogP contribution in [0.25, 0.3) is 5.76 Å². The fraction of sp³-hybridized carbons (Fsp3) is 0.440. The molecule has 0 saturated heterocycles. The van der Waals surface area contributed by atoms with Crippen LogP contribution in [-0.2, 0) is 37.0 Å². The molecule has 12 nitrogen and oxygen atoms in total. The van der Waals surface area contributed by atoms with E-state index in [1.807, 2.05) is 0 Å². The molecule has 4 atom stereocenters.